The lowest BCUT2D eigenvalue weighted by atomic mass is 10.0. The molecule has 0 radical (unpaired) electrons. The molecule has 2 saturated heterocycles. The number of piperidine rings is 1. The predicted octanol–water partition coefficient (Wildman–Crippen LogP) is 2.69. The minimum atomic E-state index is -0.0257. The molecule has 2 aromatic rings. The van der Waals surface area contributed by atoms with E-state index in [0.29, 0.717) is 30.3 Å². The molecule has 1 atom stereocenters. The number of aromatic nitrogens is 2. The van der Waals surface area contributed by atoms with Gasteiger partial charge < -0.3 is 14.7 Å². The van der Waals surface area contributed by atoms with E-state index in [9.17, 15) is 4.79 Å². The van der Waals surface area contributed by atoms with Crippen LogP contribution in [0.1, 0.15) is 42.1 Å². The lowest BCUT2D eigenvalue weighted by Gasteiger charge is -2.36. The highest BCUT2D eigenvalue weighted by Crippen LogP contribution is 2.24. The van der Waals surface area contributed by atoms with Crippen molar-refractivity contribution >= 4 is 17.5 Å². The summed E-state index contributed by atoms with van der Waals surface area (Å²) in [5, 5.41) is 18.0. The van der Waals surface area contributed by atoms with Gasteiger partial charge in [-0.2, -0.15) is 5.26 Å². The standard InChI is InChI=1S/C22H26N6O/c1-17-5-2-3-10-28(17)21-9-8-20(24-25-21)26-11-13-27(14-12-26)22(29)19-7-4-6-18(15-19)16-23/h4,6-9,15,17H,2-3,5,10-14H2,1H3. The number of nitrogens with zero attached hydrogens (tertiary/aromatic N) is 6. The van der Waals surface area contributed by atoms with Crippen LogP contribution in [0.2, 0.25) is 0 Å². The number of anilines is 2. The maximum absolute atomic E-state index is 12.7. The van der Waals surface area contributed by atoms with Crippen LogP contribution in [0.25, 0.3) is 0 Å². The van der Waals surface area contributed by atoms with Crippen LogP contribution < -0.4 is 9.80 Å². The third-order valence-electron chi connectivity index (χ3n) is 5.86. The predicted molar refractivity (Wildman–Crippen MR) is 112 cm³/mol. The normalized spacial score (nSPS) is 19.7. The number of carbonyl (C=O) groups is 1. The van der Waals surface area contributed by atoms with Crippen LogP contribution in [0.15, 0.2) is 36.4 Å². The van der Waals surface area contributed by atoms with Crippen molar-refractivity contribution in [3.05, 3.63) is 47.5 Å². The second-order valence-electron chi connectivity index (χ2n) is 7.76. The third-order valence-corrected chi connectivity index (χ3v) is 5.86. The fourth-order valence-corrected chi connectivity index (χ4v) is 4.12. The molecule has 2 aliphatic rings. The molecule has 1 unspecified atom stereocenters. The van der Waals surface area contributed by atoms with Gasteiger partial charge in [0.05, 0.1) is 11.6 Å². The van der Waals surface area contributed by atoms with Crippen LogP contribution in [0, 0.1) is 11.3 Å². The number of benzene rings is 1. The average molecular weight is 390 g/mol. The van der Waals surface area contributed by atoms with Gasteiger partial charge in [-0.05, 0) is 56.5 Å². The summed E-state index contributed by atoms with van der Waals surface area (Å²) >= 11 is 0. The number of carbonyl (C=O) groups excluding carboxylic acids is 1. The van der Waals surface area contributed by atoms with Crippen molar-refractivity contribution in [1.29, 1.82) is 5.26 Å². The summed E-state index contributed by atoms with van der Waals surface area (Å²) in [5.41, 5.74) is 1.07. The fraction of sp³-hybridized carbons (Fsp3) is 0.455. The molecule has 7 heteroatoms. The maximum atomic E-state index is 12.7. The van der Waals surface area contributed by atoms with E-state index in [4.69, 9.17) is 5.26 Å². The summed E-state index contributed by atoms with van der Waals surface area (Å²) in [6.07, 6.45) is 3.70. The molecule has 0 aliphatic carbocycles. The number of piperazine rings is 1. The highest BCUT2D eigenvalue weighted by Gasteiger charge is 2.24. The first-order valence-corrected chi connectivity index (χ1v) is 10.3. The third kappa shape index (κ3) is 4.16. The van der Waals surface area contributed by atoms with E-state index < -0.39 is 0 Å². The number of rotatable bonds is 3. The summed E-state index contributed by atoms with van der Waals surface area (Å²) in [7, 11) is 0. The summed E-state index contributed by atoms with van der Waals surface area (Å²) < 4.78 is 0. The molecule has 2 aliphatic heterocycles. The molecule has 0 N–H and O–H groups in total. The first-order valence-electron chi connectivity index (χ1n) is 10.3. The van der Waals surface area contributed by atoms with E-state index in [-0.39, 0.29) is 5.91 Å². The fourth-order valence-electron chi connectivity index (χ4n) is 4.12. The molecular weight excluding hydrogens is 364 g/mol. The Morgan fingerprint density at radius 1 is 1.03 bits per heavy atom. The second-order valence-corrected chi connectivity index (χ2v) is 7.76. The van der Waals surface area contributed by atoms with Gasteiger partial charge in [0.1, 0.15) is 0 Å². The number of hydrogen-bond acceptors (Lipinski definition) is 6. The Morgan fingerprint density at radius 2 is 1.79 bits per heavy atom. The molecule has 0 saturated carbocycles. The summed E-state index contributed by atoms with van der Waals surface area (Å²) in [4.78, 5) is 19.1. The molecule has 0 spiro atoms. The van der Waals surface area contributed by atoms with Gasteiger partial charge in [0.25, 0.3) is 5.91 Å². The van der Waals surface area contributed by atoms with Gasteiger partial charge in [-0.3, -0.25) is 4.79 Å². The van der Waals surface area contributed by atoms with Gasteiger partial charge in [0, 0.05) is 44.3 Å². The Balaban J connectivity index is 1.37. The van der Waals surface area contributed by atoms with Gasteiger partial charge in [-0.15, -0.1) is 10.2 Å². The highest BCUT2D eigenvalue weighted by atomic mass is 16.2. The van der Waals surface area contributed by atoms with Crippen molar-refractivity contribution in [3.63, 3.8) is 0 Å². The Labute approximate surface area is 171 Å². The first kappa shape index (κ1) is 19.2. The Hall–Kier alpha value is -3.14. The maximum Gasteiger partial charge on any atom is 0.254 e. The lowest BCUT2D eigenvalue weighted by molar-refractivity contribution is 0.0746. The Kier molecular flexibility index (Phi) is 5.61. The Morgan fingerprint density at radius 3 is 2.48 bits per heavy atom. The van der Waals surface area contributed by atoms with Gasteiger partial charge >= 0.3 is 0 Å². The van der Waals surface area contributed by atoms with Crippen LogP contribution in [-0.4, -0.2) is 59.8 Å². The molecule has 29 heavy (non-hydrogen) atoms. The smallest absolute Gasteiger partial charge is 0.254 e. The topological polar surface area (TPSA) is 76.4 Å². The number of nitriles is 1. The zero-order chi connectivity index (χ0) is 20.2. The van der Waals surface area contributed by atoms with Crippen molar-refractivity contribution in [2.24, 2.45) is 0 Å². The largest absolute Gasteiger partial charge is 0.352 e. The molecular formula is C22H26N6O. The molecule has 150 valence electrons. The summed E-state index contributed by atoms with van der Waals surface area (Å²) in [6.45, 7) is 5.99. The highest BCUT2D eigenvalue weighted by molar-refractivity contribution is 5.94. The summed E-state index contributed by atoms with van der Waals surface area (Å²) in [5.74, 6) is 1.78. The zero-order valence-electron chi connectivity index (χ0n) is 16.8. The molecule has 2 fully saturated rings. The van der Waals surface area contributed by atoms with E-state index in [1.54, 1.807) is 24.3 Å². The zero-order valence-corrected chi connectivity index (χ0v) is 16.8. The lowest BCUT2D eigenvalue weighted by Crippen LogP contribution is -2.49. The van der Waals surface area contributed by atoms with Crippen molar-refractivity contribution in [2.45, 2.75) is 32.2 Å². The molecule has 0 bridgehead atoms. The van der Waals surface area contributed by atoms with Gasteiger partial charge in [-0.25, -0.2) is 0 Å². The quantitative estimate of drug-likeness (QED) is 0.802. The van der Waals surface area contributed by atoms with E-state index in [1.165, 1.54) is 19.3 Å². The van der Waals surface area contributed by atoms with Gasteiger partial charge in [0.15, 0.2) is 11.6 Å². The minimum Gasteiger partial charge on any atom is -0.352 e. The van der Waals surface area contributed by atoms with Crippen molar-refractivity contribution in [2.75, 3.05) is 42.5 Å². The van der Waals surface area contributed by atoms with E-state index >= 15 is 0 Å². The monoisotopic (exact) mass is 390 g/mol. The van der Waals surface area contributed by atoms with Crippen molar-refractivity contribution in [3.8, 4) is 6.07 Å². The molecule has 3 heterocycles. The first-order chi connectivity index (χ1) is 14.2. The minimum absolute atomic E-state index is 0.0257. The van der Waals surface area contributed by atoms with Crippen LogP contribution in [0.5, 0.6) is 0 Å². The molecule has 1 amide bonds. The van der Waals surface area contributed by atoms with E-state index in [2.05, 4.69) is 39.1 Å². The molecule has 1 aromatic carbocycles. The number of hydrogen-bond donors (Lipinski definition) is 0. The van der Waals surface area contributed by atoms with E-state index in [1.807, 2.05) is 11.0 Å². The van der Waals surface area contributed by atoms with Crippen LogP contribution in [0.3, 0.4) is 0 Å². The van der Waals surface area contributed by atoms with Crippen molar-refractivity contribution in [1.82, 2.24) is 15.1 Å². The average Bonchev–Trinajstić information content (AvgIpc) is 2.79. The SMILES string of the molecule is CC1CCCCN1c1ccc(N2CCN(C(=O)c3cccc(C#N)c3)CC2)nn1. The number of amides is 1. The molecule has 1 aromatic heterocycles. The van der Waals surface area contributed by atoms with Gasteiger partial charge in [-0.1, -0.05) is 6.07 Å². The summed E-state index contributed by atoms with van der Waals surface area (Å²) in [6, 6.07) is 13.6. The molecule has 7 nitrogen and oxygen atoms in total. The second kappa shape index (κ2) is 8.48. The molecule has 4 rings (SSSR count). The van der Waals surface area contributed by atoms with Crippen molar-refractivity contribution < 1.29 is 4.79 Å². The Bertz CT molecular complexity index is 898. The van der Waals surface area contributed by atoms with Gasteiger partial charge in [0.2, 0.25) is 0 Å². The van der Waals surface area contributed by atoms with Crippen LogP contribution in [-0.2, 0) is 0 Å². The van der Waals surface area contributed by atoms with Crippen LogP contribution in [0.4, 0.5) is 11.6 Å². The van der Waals surface area contributed by atoms with Crippen LogP contribution >= 0.6 is 0 Å². The van der Waals surface area contributed by atoms with E-state index in [0.717, 1.165) is 31.3 Å².